The summed E-state index contributed by atoms with van der Waals surface area (Å²) in [7, 11) is -2.16. The fraction of sp³-hybridized carbons (Fsp3) is 0.400. The standard InChI is InChI=1S/C30H38N2O5S/c1-23-18-24(2)30(25(3)19-23)38(33,34)32(13-12-31-14-16-36-17-15-31)21-27-10-11-28(35-4)29(20-27)37-22-26-8-6-5-7-9-26/h5-11,18-20H,12-17,21-22H2,1-4H3. The molecule has 4 rings (SSSR count). The van der Waals surface area contributed by atoms with Gasteiger partial charge in [0.1, 0.15) is 6.61 Å². The molecule has 1 fully saturated rings. The van der Waals surface area contributed by atoms with Crippen LogP contribution < -0.4 is 9.47 Å². The van der Waals surface area contributed by atoms with Crippen LogP contribution in [0.5, 0.6) is 11.5 Å². The molecule has 3 aromatic rings. The van der Waals surface area contributed by atoms with Crippen molar-refractivity contribution in [2.75, 3.05) is 46.5 Å². The summed E-state index contributed by atoms with van der Waals surface area (Å²) in [6.07, 6.45) is 0. The van der Waals surface area contributed by atoms with Crippen molar-refractivity contribution in [2.24, 2.45) is 0 Å². The van der Waals surface area contributed by atoms with Crippen LogP contribution in [-0.2, 0) is 27.9 Å². The molecular weight excluding hydrogens is 500 g/mol. The van der Waals surface area contributed by atoms with Crippen LogP contribution >= 0.6 is 0 Å². The zero-order chi connectivity index (χ0) is 27.1. The van der Waals surface area contributed by atoms with Gasteiger partial charge in [0.15, 0.2) is 11.5 Å². The molecule has 0 bridgehead atoms. The Bertz CT molecular complexity index is 1300. The summed E-state index contributed by atoms with van der Waals surface area (Å²) in [4.78, 5) is 2.64. The molecule has 1 aliphatic heterocycles. The molecular formula is C30H38N2O5S. The zero-order valence-electron chi connectivity index (χ0n) is 22.8. The number of rotatable bonds is 11. The van der Waals surface area contributed by atoms with Crippen LogP contribution in [0.15, 0.2) is 65.6 Å². The highest BCUT2D eigenvalue weighted by Gasteiger charge is 2.29. The molecule has 1 saturated heterocycles. The number of methoxy groups -OCH3 is 1. The summed E-state index contributed by atoms with van der Waals surface area (Å²) in [5, 5.41) is 0. The van der Waals surface area contributed by atoms with E-state index in [2.05, 4.69) is 4.90 Å². The van der Waals surface area contributed by atoms with Gasteiger partial charge in [0.25, 0.3) is 0 Å². The lowest BCUT2D eigenvalue weighted by molar-refractivity contribution is 0.0361. The Morgan fingerprint density at radius 2 is 1.58 bits per heavy atom. The average molecular weight is 539 g/mol. The quantitative estimate of drug-likeness (QED) is 0.352. The highest BCUT2D eigenvalue weighted by Crippen LogP contribution is 2.31. The molecule has 0 aromatic heterocycles. The highest BCUT2D eigenvalue weighted by molar-refractivity contribution is 7.89. The minimum absolute atomic E-state index is 0.227. The predicted octanol–water partition coefficient (Wildman–Crippen LogP) is 4.72. The highest BCUT2D eigenvalue weighted by atomic mass is 32.2. The molecule has 0 unspecified atom stereocenters. The number of hydrogen-bond acceptors (Lipinski definition) is 6. The predicted molar refractivity (Wildman–Crippen MR) is 149 cm³/mol. The van der Waals surface area contributed by atoms with E-state index < -0.39 is 10.0 Å². The third-order valence-electron chi connectivity index (χ3n) is 6.80. The summed E-state index contributed by atoms with van der Waals surface area (Å²) in [5.74, 6) is 1.19. The van der Waals surface area contributed by atoms with Gasteiger partial charge in [-0.25, -0.2) is 8.42 Å². The maximum atomic E-state index is 14.1. The maximum Gasteiger partial charge on any atom is 0.243 e. The van der Waals surface area contributed by atoms with Crippen LogP contribution in [0.2, 0.25) is 0 Å². The van der Waals surface area contributed by atoms with Gasteiger partial charge in [-0.2, -0.15) is 4.31 Å². The monoisotopic (exact) mass is 538 g/mol. The Labute approximate surface area is 227 Å². The number of benzene rings is 3. The third kappa shape index (κ3) is 6.94. The normalized spacial score (nSPS) is 14.6. The molecule has 204 valence electrons. The first-order chi connectivity index (χ1) is 18.3. The van der Waals surface area contributed by atoms with E-state index in [4.69, 9.17) is 14.2 Å². The molecule has 3 aromatic carbocycles. The van der Waals surface area contributed by atoms with Gasteiger partial charge in [-0.05, 0) is 55.2 Å². The number of ether oxygens (including phenoxy) is 3. The fourth-order valence-corrected chi connectivity index (χ4v) is 6.77. The van der Waals surface area contributed by atoms with Crippen molar-refractivity contribution in [3.8, 4) is 11.5 Å². The van der Waals surface area contributed by atoms with Crippen LogP contribution in [0.3, 0.4) is 0 Å². The van der Waals surface area contributed by atoms with E-state index in [1.165, 1.54) is 0 Å². The second-order valence-corrected chi connectivity index (χ2v) is 11.7. The summed E-state index contributed by atoms with van der Waals surface area (Å²) in [5.41, 5.74) is 4.46. The fourth-order valence-electron chi connectivity index (χ4n) is 4.94. The Morgan fingerprint density at radius 1 is 0.895 bits per heavy atom. The molecule has 8 heteroatoms. The van der Waals surface area contributed by atoms with Gasteiger partial charge in [-0.1, -0.05) is 54.1 Å². The van der Waals surface area contributed by atoms with Gasteiger partial charge in [-0.15, -0.1) is 0 Å². The van der Waals surface area contributed by atoms with Gasteiger partial charge in [0.2, 0.25) is 10.0 Å². The van der Waals surface area contributed by atoms with Crippen LogP contribution in [0.4, 0.5) is 0 Å². The van der Waals surface area contributed by atoms with Crippen LogP contribution in [0.25, 0.3) is 0 Å². The molecule has 0 atom stereocenters. The molecule has 0 spiro atoms. The maximum absolute atomic E-state index is 14.1. The lowest BCUT2D eigenvalue weighted by Crippen LogP contribution is -2.43. The minimum atomic E-state index is -3.76. The van der Waals surface area contributed by atoms with Gasteiger partial charge in [-0.3, -0.25) is 4.90 Å². The Kier molecular flexibility index (Phi) is 9.44. The number of aryl methyl sites for hydroxylation is 3. The van der Waals surface area contributed by atoms with E-state index in [1.54, 1.807) is 11.4 Å². The van der Waals surface area contributed by atoms with E-state index >= 15 is 0 Å². The first-order valence-electron chi connectivity index (χ1n) is 13.0. The molecule has 1 heterocycles. The van der Waals surface area contributed by atoms with E-state index in [0.29, 0.717) is 49.3 Å². The second-order valence-electron chi connectivity index (χ2n) is 9.78. The minimum Gasteiger partial charge on any atom is -0.493 e. The van der Waals surface area contributed by atoms with Crippen LogP contribution in [0, 0.1) is 20.8 Å². The van der Waals surface area contributed by atoms with Gasteiger partial charge in [0.05, 0.1) is 25.2 Å². The van der Waals surface area contributed by atoms with Crippen molar-refractivity contribution >= 4 is 10.0 Å². The first kappa shape index (κ1) is 28.1. The number of morpholine rings is 1. The van der Waals surface area contributed by atoms with Crippen molar-refractivity contribution < 1.29 is 22.6 Å². The molecule has 1 aliphatic rings. The summed E-state index contributed by atoms with van der Waals surface area (Å²) >= 11 is 0. The van der Waals surface area contributed by atoms with Crippen LogP contribution in [-0.4, -0.2) is 64.1 Å². The van der Waals surface area contributed by atoms with Crippen molar-refractivity contribution in [3.05, 3.63) is 88.5 Å². The van der Waals surface area contributed by atoms with Gasteiger partial charge in [0, 0.05) is 32.7 Å². The molecule has 38 heavy (non-hydrogen) atoms. The van der Waals surface area contributed by atoms with Crippen molar-refractivity contribution in [1.82, 2.24) is 9.21 Å². The number of nitrogens with zero attached hydrogens (tertiary/aromatic N) is 2. The lowest BCUT2D eigenvalue weighted by atomic mass is 10.1. The van der Waals surface area contributed by atoms with Crippen LogP contribution in [0.1, 0.15) is 27.8 Å². The molecule has 0 saturated carbocycles. The van der Waals surface area contributed by atoms with E-state index in [-0.39, 0.29) is 6.54 Å². The van der Waals surface area contributed by atoms with Gasteiger partial charge >= 0.3 is 0 Å². The summed E-state index contributed by atoms with van der Waals surface area (Å²) in [6, 6.07) is 19.4. The third-order valence-corrected chi connectivity index (χ3v) is 8.95. The number of sulfonamides is 1. The van der Waals surface area contributed by atoms with Crippen molar-refractivity contribution in [2.45, 2.75) is 38.8 Å². The van der Waals surface area contributed by atoms with E-state index in [0.717, 1.165) is 40.9 Å². The van der Waals surface area contributed by atoms with Crippen molar-refractivity contribution in [1.29, 1.82) is 0 Å². The number of hydrogen-bond donors (Lipinski definition) is 0. The Hall–Kier alpha value is -2.91. The van der Waals surface area contributed by atoms with Crippen molar-refractivity contribution in [3.63, 3.8) is 0 Å². The zero-order valence-corrected chi connectivity index (χ0v) is 23.6. The largest absolute Gasteiger partial charge is 0.493 e. The SMILES string of the molecule is COc1ccc(CN(CCN2CCOCC2)S(=O)(=O)c2c(C)cc(C)cc2C)cc1OCc1ccccc1. The molecule has 0 amide bonds. The average Bonchev–Trinajstić information content (AvgIpc) is 2.90. The summed E-state index contributed by atoms with van der Waals surface area (Å²) in [6.45, 7) is 10.3. The smallest absolute Gasteiger partial charge is 0.243 e. The Morgan fingerprint density at radius 3 is 2.24 bits per heavy atom. The second kappa shape index (κ2) is 12.8. The van der Waals surface area contributed by atoms with E-state index in [1.807, 2.05) is 81.4 Å². The Balaban J connectivity index is 1.62. The lowest BCUT2D eigenvalue weighted by Gasteiger charge is -2.30. The molecule has 0 N–H and O–H groups in total. The van der Waals surface area contributed by atoms with Gasteiger partial charge < -0.3 is 14.2 Å². The topological polar surface area (TPSA) is 68.3 Å². The molecule has 0 radical (unpaired) electrons. The molecule has 0 aliphatic carbocycles. The molecule has 7 nitrogen and oxygen atoms in total. The first-order valence-corrected chi connectivity index (χ1v) is 14.4. The summed E-state index contributed by atoms with van der Waals surface area (Å²) < 4.78 is 46.9. The van der Waals surface area contributed by atoms with E-state index in [9.17, 15) is 8.42 Å².